The van der Waals surface area contributed by atoms with E-state index in [4.69, 9.17) is 9.84 Å². The molecule has 0 aliphatic heterocycles. The molecule has 0 radical (unpaired) electrons. The second-order valence-electron chi connectivity index (χ2n) is 6.09. The molecule has 0 bridgehead atoms. The molecule has 1 amide bonds. The fourth-order valence-corrected chi connectivity index (χ4v) is 1.82. The van der Waals surface area contributed by atoms with Crippen LogP contribution in [-0.2, 0) is 22.1 Å². The summed E-state index contributed by atoms with van der Waals surface area (Å²) in [5, 5.41) is 11.1. The number of rotatable bonds is 4. The summed E-state index contributed by atoms with van der Waals surface area (Å²) in [5.74, 6) is -2.64. The molecule has 5 nitrogen and oxygen atoms in total. The van der Waals surface area contributed by atoms with E-state index in [9.17, 15) is 27.2 Å². The van der Waals surface area contributed by atoms with E-state index < -0.39 is 47.7 Å². The van der Waals surface area contributed by atoms with E-state index in [0.717, 1.165) is 6.07 Å². The van der Waals surface area contributed by atoms with Crippen molar-refractivity contribution in [3.05, 3.63) is 35.1 Å². The molecular formula is C15H17F4NO4. The topological polar surface area (TPSA) is 75.6 Å². The highest BCUT2D eigenvalue weighted by atomic mass is 19.4. The van der Waals surface area contributed by atoms with Crippen molar-refractivity contribution in [1.82, 2.24) is 5.32 Å². The summed E-state index contributed by atoms with van der Waals surface area (Å²) in [4.78, 5) is 22.8. The van der Waals surface area contributed by atoms with Crippen LogP contribution >= 0.6 is 0 Å². The van der Waals surface area contributed by atoms with Gasteiger partial charge in [-0.1, -0.05) is 0 Å². The molecule has 9 heteroatoms. The number of benzene rings is 1. The number of hydrogen-bond donors (Lipinski definition) is 2. The van der Waals surface area contributed by atoms with Gasteiger partial charge in [0.2, 0.25) is 0 Å². The molecule has 1 rings (SSSR count). The van der Waals surface area contributed by atoms with Crippen molar-refractivity contribution in [2.24, 2.45) is 0 Å². The number of alkyl halides is 3. The third kappa shape index (κ3) is 6.43. The van der Waals surface area contributed by atoms with Crippen molar-refractivity contribution < 1.29 is 37.0 Å². The lowest BCUT2D eigenvalue weighted by Gasteiger charge is -2.22. The van der Waals surface area contributed by atoms with Gasteiger partial charge in [0.25, 0.3) is 0 Å². The molecule has 2 N–H and O–H groups in total. The highest BCUT2D eigenvalue weighted by Gasteiger charge is 2.32. The van der Waals surface area contributed by atoms with Gasteiger partial charge in [-0.25, -0.2) is 14.0 Å². The highest BCUT2D eigenvalue weighted by molar-refractivity contribution is 5.80. The van der Waals surface area contributed by atoms with Gasteiger partial charge in [-0.05, 0) is 44.5 Å². The normalized spacial score (nSPS) is 13.3. The van der Waals surface area contributed by atoms with Crippen LogP contribution in [0.1, 0.15) is 31.9 Å². The van der Waals surface area contributed by atoms with Gasteiger partial charge < -0.3 is 15.2 Å². The van der Waals surface area contributed by atoms with Gasteiger partial charge >= 0.3 is 18.2 Å². The molecule has 0 aromatic heterocycles. The van der Waals surface area contributed by atoms with Crippen molar-refractivity contribution in [3.63, 3.8) is 0 Å². The lowest BCUT2D eigenvalue weighted by atomic mass is 10.0. The van der Waals surface area contributed by atoms with E-state index in [2.05, 4.69) is 0 Å². The second kappa shape index (κ2) is 7.06. The molecule has 0 aliphatic carbocycles. The lowest BCUT2D eigenvalue weighted by Crippen LogP contribution is -2.44. The Balaban J connectivity index is 2.96. The minimum absolute atomic E-state index is 0.217. The predicted octanol–water partition coefficient (Wildman–Crippen LogP) is 3.36. The molecule has 1 aromatic rings. The molecule has 1 atom stereocenters. The summed E-state index contributed by atoms with van der Waals surface area (Å²) in [6.45, 7) is 4.68. The van der Waals surface area contributed by atoms with Crippen molar-refractivity contribution in [3.8, 4) is 0 Å². The number of ether oxygens (including phenoxy) is 1. The zero-order chi connectivity index (χ0) is 18.7. The fourth-order valence-electron chi connectivity index (χ4n) is 1.82. The van der Waals surface area contributed by atoms with Gasteiger partial charge in [0.15, 0.2) is 0 Å². The highest BCUT2D eigenvalue weighted by Crippen LogP contribution is 2.30. The molecule has 0 unspecified atom stereocenters. The number of aliphatic carboxylic acids is 1. The summed E-state index contributed by atoms with van der Waals surface area (Å²) in [5.41, 5.74) is -2.33. The van der Waals surface area contributed by atoms with E-state index in [0.29, 0.717) is 12.1 Å². The van der Waals surface area contributed by atoms with Crippen LogP contribution in [0.3, 0.4) is 0 Å². The summed E-state index contributed by atoms with van der Waals surface area (Å²) in [6, 6.07) is 0.154. The van der Waals surface area contributed by atoms with Crippen LogP contribution in [0.25, 0.3) is 0 Å². The number of amides is 1. The quantitative estimate of drug-likeness (QED) is 0.816. The maximum atomic E-state index is 13.3. The largest absolute Gasteiger partial charge is 0.480 e. The Labute approximate surface area is 135 Å². The van der Waals surface area contributed by atoms with E-state index >= 15 is 0 Å². The number of nitrogens with one attached hydrogen (secondary N) is 1. The monoisotopic (exact) mass is 351 g/mol. The van der Waals surface area contributed by atoms with Gasteiger partial charge in [0, 0.05) is 6.42 Å². The first-order chi connectivity index (χ1) is 10.8. The number of halogens is 4. The maximum absolute atomic E-state index is 13.3. The molecule has 24 heavy (non-hydrogen) atoms. The smallest absolute Gasteiger partial charge is 0.416 e. The predicted molar refractivity (Wildman–Crippen MR) is 75.9 cm³/mol. The average molecular weight is 351 g/mol. The zero-order valence-electron chi connectivity index (χ0n) is 13.2. The molecule has 0 fully saturated rings. The average Bonchev–Trinajstić information content (AvgIpc) is 2.33. The van der Waals surface area contributed by atoms with E-state index in [1.165, 1.54) is 0 Å². The second-order valence-corrected chi connectivity index (χ2v) is 6.09. The van der Waals surface area contributed by atoms with Crippen molar-refractivity contribution in [2.45, 2.75) is 45.0 Å². The van der Waals surface area contributed by atoms with Gasteiger partial charge in [-0.2, -0.15) is 13.2 Å². The number of carbonyl (C=O) groups is 2. The first-order valence-corrected chi connectivity index (χ1v) is 6.87. The van der Waals surface area contributed by atoms with Crippen LogP contribution in [0.15, 0.2) is 18.2 Å². The van der Waals surface area contributed by atoms with E-state index in [1.54, 1.807) is 20.8 Å². The van der Waals surface area contributed by atoms with E-state index in [1.807, 2.05) is 5.32 Å². The van der Waals surface area contributed by atoms with Crippen molar-refractivity contribution >= 4 is 12.1 Å². The Morgan fingerprint density at radius 2 is 1.79 bits per heavy atom. The Kier molecular flexibility index (Phi) is 5.80. The summed E-state index contributed by atoms with van der Waals surface area (Å²) < 4.78 is 56.2. The molecule has 1 aromatic carbocycles. The van der Waals surface area contributed by atoms with Crippen molar-refractivity contribution in [1.29, 1.82) is 0 Å². The Morgan fingerprint density at radius 1 is 1.21 bits per heavy atom. The number of carboxylic acid groups (broad SMARTS) is 1. The molecule has 0 heterocycles. The zero-order valence-corrected chi connectivity index (χ0v) is 13.2. The van der Waals surface area contributed by atoms with Crippen LogP contribution in [0.4, 0.5) is 22.4 Å². The molecule has 0 aliphatic rings. The summed E-state index contributed by atoms with van der Waals surface area (Å²) >= 11 is 0. The van der Waals surface area contributed by atoms with Crippen molar-refractivity contribution in [2.75, 3.05) is 0 Å². The Hall–Kier alpha value is -2.32. The van der Waals surface area contributed by atoms with Gasteiger partial charge in [0.05, 0.1) is 5.56 Å². The SMILES string of the molecule is CC(C)(C)OC(=O)N[C@H](Cc1cc(F)cc(C(F)(F)F)c1)C(=O)O. The number of alkyl carbamates (subject to hydrolysis) is 1. The first kappa shape index (κ1) is 19.7. The third-order valence-corrected chi connectivity index (χ3v) is 2.71. The Bertz CT molecular complexity index is 623. The Morgan fingerprint density at radius 3 is 2.25 bits per heavy atom. The third-order valence-electron chi connectivity index (χ3n) is 2.71. The number of hydrogen-bond acceptors (Lipinski definition) is 3. The minimum Gasteiger partial charge on any atom is -0.480 e. The van der Waals surface area contributed by atoms with Crippen LogP contribution < -0.4 is 5.32 Å². The molecule has 0 saturated carbocycles. The summed E-state index contributed by atoms with van der Waals surface area (Å²) in [6.07, 6.45) is -6.34. The minimum atomic E-state index is -4.77. The molecular weight excluding hydrogens is 334 g/mol. The van der Waals surface area contributed by atoms with Crippen LogP contribution in [0.5, 0.6) is 0 Å². The van der Waals surface area contributed by atoms with E-state index in [-0.39, 0.29) is 5.56 Å². The molecule has 0 spiro atoms. The molecule has 134 valence electrons. The number of carbonyl (C=O) groups excluding carboxylic acids is 1. The summed E-state index contributed by atoms with van der Waals surface area (Å²) in [7, 11) is 0. The van der Waals surface area contributed by atoms with Gasteiger partial charge in [-0.15, -0.1) is 0 Å². The van der Waals surface area contributed by atoms with Crippen LogP contribution in [-0.4, -0.2) is 28.8 Å². The fraction of sp³-hybridized carbons (Fsp3) is 0.467. The number of carboxylic acids is 1. The first-order valence-electron chi connectivity index (χ1n) is 6.87. The molecule has 0 saturated heterocycles. The van der Waals surface area contributed by atoms with Gasteiger partial charge in [0.1, 0.15) is 17.5 Å². The van der Waals surface area contributed by atoms with Gasteiger partial charge in [-0.3, -0.25) is 0 Å². The maximum Gasteiger partial charge on any atom is 0.416 e. The standard InChI is InChI=1S/C15H17F4NO4/c1-14(2,3)24-13(23)20-11(12(21)22)6-8-4-9(15(17,18)19)7-10(16)5-8/h4-5,7,11H,6H2,1-3H3,(H,20,23)(H,21,22)/t11-/m1/s1. The van der Waals surface area contributed by atoms with Crippen LogP contribution in [0, 0.1) is 5.82 Å². The van der Waals surface area contributed by atoms with Crippen LogP contribution in [0.2, 0.25) is 0 Å². The lowest BCUT2D eigenvalue weighted by molar-refractivity contribution is -0.139.